The molecule has 168 valence electrons. The van der Waals surface area contributed by atoms with E-state index in [2.05, 4.69) is 5.32 Å². The fraction of sp³-hybridized carbons (Fsp3) is 0.696. The van der Waals surface area contributed by atoms with Crippen molar-refractivity contribution in [1.29, 1.82) is 0 Å². The van der Waals surface area contributed by atoms with E-state index in [9.17, 15) is 4.79 Å². The molecule has 1 aromatic rings. The van der Waals surface area contributed by atoms with Gasteiger partial charge in [0.15, 0.2) is 0 Å². The third kappa shape index (κ3) is 5.98. The molecule has 7 heteroatoms. The number of hydrogen-bond donors (Lipinski definition) is 1. The van der Waals surface area contributed by atoms with Gasteiger partial charge in [0, 0.05) is 5.54 Å². The Kier molecular flexibility index (Phi) is 7.30. The van der Waals surface area contributed by atoms with Crippen LogP contribution in [0.4, 0.5) is 9.18 Å². The number of benzene rings is 1. The van der Waals surface area contributed by atoms with Crippen molar-refractivity contribution in [3.63, 3.8) is 0 Å². The summed E-state index contributed by atoms with van der Waals surface area (Å²) < 4.78 is 32.4. The standard InChI is InChI=1S/C23H37BFNO4/c1-15(2)17(12-13-28-20(27)26-21(3,4)5)18-11-10-16(14-19(18)25)24-29-22(6,7)23(8,9)30-24/h10-11,14-15,17H,12-13H2,1-9H3,(H,26,27). The van der Waals surface area contributed by atoms with E-state index in [0.717, 1.165) is 0 Å². The van der Waals surface area contributed by atoms with E-state index >= 15 is 4.39 Å². The molecular formula is C23H37BFNO4. The van der Waals surface area contributed by atoms with Crippen molar-refractivity contribution in [3.8, 4) is 0 Å². The van der Waals surface area contributed by atoms with Crippen molar-refractivity contribution < 1.29 is 23.2 Å². The van der Waals surface area contributed by atoms with Crippen molar-refractivity contribution in [2.24, 2.45) is 5.92 Å². The van der Waals surface area contributed by atoms with Crippen molar-refractivity contribution in [2.45, 2.75) is 91.4 Å². The lowest BCUT2D eigenvalue weighted by Gasteiger charge is -2.32. The van der Waals surface area contributed by atoms with Crippen LogP contribution in [0.1, 0.15) is 80.2 Å². The van der Waals surface area contributed by atoms with E-state index in [1.54, 1.807) is 6.07 Å². The van der Waals surface area contributed by atoms with Crippen LogP contribution in [0.2, 0.25) is 0 Å². The molecule has 0 bridgehead atoms. The van der Waals surface area contributed by atoms with Gasteiger partial charge in [-0.1, -0.05) is 26.0 Å². The maximum atomic E-state index is 15.1. The van der Waals surface area contributed by atoms with Gasteiger partial charge in [0.1, 0.15) is 5.82 Å². The van der Waals surface area contributed by atoms with Crippen LogP contribution in [0.15, 0.2) is 18.2 Å². The van der Waals surface area contributed by atoms with Gasteiger partial charge in [0.05, 0.1) is 17.8 Å². The first-order valence-corrected chi connectivity index (χ1v) is 10.7. The molecule has 2 rings (SSSR count). The normalized spacial score (nSPS) is 19.1. The minimum atomic E-state index is -0.597. The topological polar surface area (TPSA) is 56.8 Å². The molecular weight excluding hydrogens is 384 g/mol. The molecule has 1 N–H and O–H groups in total. The summed E-state index contributed by atoms with van der Waals surface area (Å²) in [6.07, 6.45) is 0.0868. The second-order valence-corrected chi connectivity index (χ2v) is 10.5. The Morgan fingerprint density at radius 1 is 1.17 bits per heavy atom. The Morgan fingerprint density at radius 3 is 2.20 bits per heavy atom. The molecule has 0 aliphatic carbocycles. The predicted molar refractivity (Wildman–Crippen MR) is 119 cm³/mol. The molecule has 1 unspecified atom stereocenters. The van der Waals surface area contributed by atoms with E-state index < -0.39 is 24.4 Å². The second-order valence-electron chi connectivity index (χ2n) is 10.5. The van der Waals surface area contributed by atoms with E-state index in [1.807, 2.05) is 68.4 Å². The van der Waals surface area contributed by atoms with Crippen LogP contribution >= 0.6 is 0 Å². The van der Waals surface area contributed by atoms with Gasteiger partial charge in [-0.25, -0.2) is 9.18 Å². The number of alkyl carbamates (subject to hydrolysis) is 1. The van der Waals surface area contributed by atoms with Crippen molar-refractivity contribution in [2.75, 3.05) is 6.61 Å². The zero-order chi connectivity index (χ0) is 22.9. The maximum absolute atomic E-state index is 15.1. The Balaban J connectivity index is 2.08. The molecule has 1 aliphatic heterocycles. The lowest BCUT2D eigenvalue weighted by atomic mass is 9.77. The van der Waals surface area contributed by atoms with Crippen LogP contribution in [0.3, 0.4) is 0 Å². The van der Waals surface area contributed by atoms with Gasteiger partial charge in [-0.05, 0) is 83.8 Å². The van der Waals surface area contributed by atoms with Crippen molar-refractivity contribution in [1.82, 2.24) is 5.32 Å². The van der Waals surface area contributed by atoms with Gasteiger partial charge >= 0.3 is 13.2 Å². The first-order valence-electron chi connectivity index (χ1n) is 10.7. The number of ether oxygens (including phenoxy) is 1. The van der Waals surface area contributed by atoms with Crippen LogP contribution in [-0.2, 0) is 14.0 Å². The summed E-state index contributed by atoms with van der Waals surface area (Å²) >= 11 is 0. The van der Waals surface area contributed by atoms with E-state index in [1.165, 1.54) is 6.07 Å². The fourth-order valence-electron chi connectivity index (χ4n) is 3.44. The third-order valence-electron chi connectivity index (χ3n) is 5.89. The van der Waals surface area contributed by atoms with Gasteiger partial charge in [0.25, 0.3) is 0 Å². The molecule has 1 fully saturated rings. The summed E-state index contributed by atoms with van der Waals surface area (Å²) in [6, 6.07) is 5.17. The summed E-state index contributed by atoms with van der Waals surface area (Å²) in [5.74, 6) is -0.170. The van der Waals surface area contributed by atoms with Crippen LogP contribution in [0.25, 0.3) is 0 Å². The monoisotopic (exact) mass is 421 g/mol. The molecule has 5 nitrogen and oxygen atoms in total. The lowest BCUT2D eigenvalue weighted by molar-refractivity contribution is 0.00578. The fourth-order valence-corrected chi connectivity index (χ4v) is 3.44. The highest BCUT2D eigenvalue weighted by Gasteiger charge is 2.51. The van der Waals surface area contributed by atoms with Gasteiger partial charge < -0.3 is 19.4 Å². The highest BCUT2D eigenvalue weighted by atomic mass is 19.1. The Morgan fingerprint density at radius 2 is 1.73 bits per heavy atom. The van der Waals surface area contributed by atoms with E-state index in [0.29, 0.717) is 17.4 Å². The molecule has 1 saturated heterocycles. The summed E-state index contributed by atoms with van der Waals surface area (Å²) in [4.78, 5) is 11.9. The number of carbonyl (C=O) groups excluding carboxylic acids is 1. The first kappa shape index (κ1) is 24.7. The average molecular weight is 421 g/mol. The number of nitrogens with one attached hydrogen (secondary N) is 1. The minimum Gasteiger partial charge on any atom is -0.450 e. The number of rotatable bonds is 6. The van der Waals surface area contributed by atoms with Crippen molar-refractivity contribution in [3.05, 3.63) is 29.6 Å². The largest absolute Gasteiger partial charge is 0.494 e. The van der Waals surface area contributed by atoms with Crippen LogP contribution in [-0.4, -0.2) is 36.6 Å². The summed E-state index contributed by atoms with van der Waals surface area (Å²) in [7, 11) is -0.597. The molecule has 1 aromatic carbocycles. The highest BCUT2D eigenvalue weighted by Crippen LogP contribution is 2.37. The Bertz CT molecular complexity index is 742. The molecule has 0 spiro atoms. The van der Waals surface area contributed by atoms with Crippen LogP contribution in [0, 0.1) is 11.7 Å². The molecule has 1 heterocycles. The first-order chi connectivity index (χ1) is 13.6. The smallest absolute Gasteiger partial charge is 0.450 e. The zero-order valence-corrected chi connectivity index (χ0v) is 19.9. The van der Waals surface area contributed by atoms with E-state index in [-0.39, 0.29) is 29.8 Å². The molecule has 30 heavy (non-hydrogen) atoms. The Hall–Kier alpha value is -1.60. The molecule has 0 saturated carbocycles. The molecule has 0 radical (unpaired) electrons. The lowest BCUT2D eigenvalue weighted by Crippen LogP contribution is -2.41. The van der Waals surface area contributed by atoms with Gasteiger partial charge in [-0.2, -0.15) is 0 Å². The quantitative estimate of drug-likeness (QED) is 0.672. The minimum absolute atomic E-state index is 0.0696. The summed E-state index contributed by atoms with van der Waals surface area (Å²) in [5, 5.41) is 2.76. The average Bonchev–Trinajstić information content (AvgIpc) is 2.78. The van der Waals surface area contributed by atoms with Gasteiger partial charge in [-0.3, -0.25) is 0 Å². The number of amides is 1. The molecule has 1 atom stereocenters. The molecule has 1 aliphatic rings. The zero-order valence-electron chi connectivity index (χ0n) is 19.9. The second kappa shape index (κ2) is 8.87. The summed E-state index contributed by atoms with van der Waals surface area (Å²) in [5.41, 5.74) is -0.0242. The third-order valence-corrected chi connectivity index (χ3v) is 5.89. The van der Waals surface area contributed by atoms with Crippen molar-refractivity contribution >= 4 is 18.7 Å². The van der Waals surface area contributed by atoms with Crippen LogP contribution < -0.4 is 10.8 Å². The SMILES string of the molecule is CC(C)C(CCOC(=O)NC(C)(C)C)c1ccc(B2OC(C)(C)C(C)(C)O2)cc1F. The number of halogens is 1. The van der Waals surface area contributed by atoms with Crippen LogP contribution in [0.5, 0.6) is 0 Å². The predicted octanol–water partition coefficient (Wildman–Crippen LogP) is 4.78. The van der Waals surface area contributed by atoms with Gasteiger partial charge in [0.2, 0.25) is 0 Å². The Labute approximate surface area is 181 Å². The highest BCUT2D eigenvalue weighted by molar-refractivity contribution is 6.62. The van der Waals surface area contributed by atoms with E-state index in [4.69, 9.17) is 14.0 Å². The number of hydrogen-bond acceptors (Lipinski definition) is 4. The van der Waals surface area contributed by atoms with Gasteiger partial charge in [-0.15, -0.1) is 0 Å². The molecule has 0 aromatic heterocycles. The maximum Gasteiger partial charge on any atom is 0.494 e. The molecule has 1 amide bonds. The summed E-state index contributed by atoms with van der Waals surface area (Å²) in [6.45, 7) is 17.9. The number of carbonyl (C=O) groups is 1.